The standard InChI is InChI=1S/C17H14ClNO2S/c1-21-12-7-8-13-14(9-12)22-16(15(13)18)17(20)19-10-11-5-3-2-4-6-11/h2-9H,10H2,1H3,(H,19,20). The molecule has 0 atom stereocenters. The number of benzene rings is 2. The number of carbonyl (C=O) groups is 1. The van der Waals surface area contributed by atoms with Crippen molar-refractivity contribution in [2.45, 2.75) is 6.54 Å². The van der Waals surface area contributed by atoms with Crippen LogP contribution in [0, 0.1) is 0 Å². The SMILES string of the molecule is COc1ccc2c(Cl)c(C(=O)NCc3ccccc3)sc2c1. The van der Waals surface area contributed by atoms with E-state index >= 15 is 0 Å². The molecule has 3 rings (SSSR count). The molecule has 0 aliphatic carbocycles. The maximum absolute atomic E-state index is 12.3. The van der Waals surface area contributed by atoms with Crippen molar-refractivity contribution in [2.24, 2.45) is 0 Å². The molecular formula is C17H14ClNO2S. The van der Waals surface area contributed by atoms with Crippen molar-refractivity contribution in [3.8, 4) is 5.75 Å². The number of halogens is 1. The van der Waals surface area contributed by atoms with Gasteiger partial charge in [-0.25, -0.2) is 0 Å². The number of amides is 1. The van der Waals surface area contributed by atoms with Crippen molar-refractivity contribution >= 4 is 38.9 Å². The van der Waals surface area contributed by atoms with E-state index < -0.39 is 0 Å². The van der Waals surface area contributed by atoms with E-state index in [0.29, 0.717) is 16.4 Å². The number of carbonyl (C=O) groups excluding carboxylic acids is 1. The molecule has 3 nitrogen and oxygen atoms in total. The number of rotatable bonds is 4. The van der Waals surface area contributed by atoms with E-state index in [2.05, 4.69) is 5.32 Å². The number of thiophene rings is 1. The van der Waals surface area contributed by atoms with Crippen LogP contribution in [0.25, 0.3) is 10.1 Å². The van der Waals surface area contributed by atoms with Crippen molar-refractivity contribution in [3.63, 3.8) is 0 Å². The van der Waals surface area contributed by atoms with Crippen molar-refractivity contribution in [1.29, 1.82) is 0 Å². The van der Waals surface area contributed by atoms with Gasteiger partial charge in [0.1, 0.15) is 10.6 Å². The van der Waals surface area contributed by atoms with Crippen LogP contribution >= 0.6 is 22.9 Å². The lowest BCUT2D eigenvalue weighted by Crippen LogP contribution is -2.21. The summed E-state index contributed by atoms with van der Waals surface area (Å²) in [5.74, 6) is 0.593. The Kier molecular flexibility index (Phi) is 4.32. The number of hydrogen-bond acceptors (Lipinski definition) is 3. The van der Waals surface area contributed by atoms with Gasteiger partial charge in [-0.2, -0.15) is 0 Å². The molecule has 0 fully saturated rings. The van der Waals surface area contributed by atoms with Crippen LogP contribution in [-0.2, 0) is 6.54 Å². The second kappa shape index (κ2) is 6.38. The fourth-order valence-electron chi connectivity index (χ4n) is 2.18. The molecule has 1 N–H and O–H groups in total. The lowest BCUT2D eigenvalue weighted by atomic mass is 10.2. The highest BCUT2D eigenvalue weighted by molar-refractivity contribution is 7.21. The Morgan fingerprint density at radius 3 is 2.73 bits per heavy atom. The van der Waals surface area contributed by atoms with Crippen LogP contribution in [0.15, 0.2) is 48.5 Å². The highest BCUT2D eigenvalue weighted by atomic mass is 35.5. The van der Waals surface area contributed by atoms with Crippen LogP contribution < -0.4 is 10.1 Å². The Bertz CT molecular complexity index is 814. The summed E-state index contributed by atoms with van der Waals surface area (Å²) in [6, 6.07) is 15.4. The van der Waals surface area contributed by atoms with Crippen molar-refractivity contribution in [2.75, 3.05) is 7.11 Å². The average molecular weight is 332 g/mol. The minimum atomic E-state index is -0.158. The molecule has 0 spiro atoms. The normalized spacial score (nSPS) is 10.6. The molecule has 0 aliphatic rings. The van der Waals surface area contributed by atoms with Crippen LogP contribution in [0.2, 0.25) is 5.02 Å². The van der Waals surface area contributed by atoms with Crippen LogP contribution in [0.5, 0.6) is 5.75 Å². The summed E-state index contributed by atoms with van der Waals surface area (Å²) in [5, 5.41) is 4.27. The third-order valence-electron chi connectivity index (χ3n) is 3.34. The molecule has 1 amide bonds. The summed E-state index contributed by atoms with van der Waals surface area (Å²) in [4.78, 5) is 12.9. The highest BCUT2D eigenvalue weighted by Gasteiger charge is 2.17. The van der Waals surface area contributed by atoms with Crippen LogP contribution in [0.4, 0.5) is 0 Å². The highest BCUT2D eigenvalue weighted by Crippen LogP contribution is 2.37. The molecule has 22 heavy (non-hydrogen) atoms. The number of nitrogens with one attached hydrogen (secondary N) is 1. The van der Waals surface area contributed by atoms with E-state index in [1.807, 2.05) is 48.5 Å². The molecule has 1 heterocycles. The monoisotopic (exact) mass is 331 g/mol. The number of ether oxygens (including phenoxy) is 1. The minimum absolute atomic E-state index is 0.158. The van der Waals surface area contributed by atoms with Crippen molar-refractivity contribution in [3.05, 3.63) is 64.0 Å². The topological polar surface area (TPSA) is 38.3 Å². The molecule has 0 aliphatic heterocycles. The fraction of sp³-hybridized carbons (Fsp3) is 0.118. The lowest BCUT2D eigenvalue weighted by Gasteiger charge is -2.03. The van der Waals surface area contributed by atoms with Gasteiger partial charge in [-0.1, -0.05) is 41.9 Å². The van der Waals surface area contributed by atoms with E-state index in [0.717, 1.165) is 21.4 Å². The molecule has 112 valence electrons. The van der Waals surface area contributed by atoms with Gasteiger partial charge in [0.05, 0.1) is 12.1 Å². The molecule has 0 radical (unpaired) electrons. The zero-order valence-corrected chi connectivity index (χ0v) is 13.5. The van der Waals surface area contributed by atoms with Gasteiger partial charge < -0.3 is 10.1 Å². The molecule has 2 aromatic carbocycles. The molecule has 3 aromatic rings. The van der Waals surface area contributed by atoms with E-state index in [1.165, 1.54) is 11.3 Å². The lowest BCUT2D eigenvalue weighted by molar-refractivity contribution is 0.0955. The van der Waals surface area contributed by atoms with Crippen LogP contribution in [0.3, 0.4) is 0 Å². The first-order valence-corrected chi connectivity index (χ1v) is 7.96. The van der Waals surface area contributed by atoms with E-state index in [1.54, 1.807) is 7.11 Å². The predicted molar refractivity (Wildman–Crippen MR) is 91.0 cm³/mol. The number of hydrogen-bond donors (Lipinski definition) is 1. The fourth-order valence-corrected chi connectivity index (χ4v) is 3.64. The molecule has 0 saturated heterocycles. The smallest absolute Gasteiger partial charge is 0.263 e. The largest absolute Gasteiger partial charge is 0.497 e. The van der Waals surface area contributed by atoms with Crippen molar-refractivity contribution in [1.82, 2.24) is 5.32 Å². The van der Waals surface area contributed by atoms with Gasteiger partial charge in [0, 0.05) is 16.6 Å². The van der Waals surface area contributed by atoms with Gasteiger partial charge in [0.15, 0.2) is 0 Å². The number of fused-ring (bicyclic) bond motifs is 1. The second-order valence-corrected chi connectivity index (χ2v) is 6.21. The average Bonchev–Trinajstić information content (AvgIpc) is 2.90. The quantitative estimate of drug-likeness (QED) is 0.764. The third-order valence-corrected chi connectivity index (χ3v) is 4.99. The van der Waals surface area contributed by atoms with Gasteiger partial charge in [-0.3, -0.25) is 4.79 Å². The van der Waals surface area contributed by atoms with Gasteiger partial charge >= 0.3 is 0 Å². The Labute approximate surface area is 137 Å². The first kappa shape index (κ1) is 14.9. The first-order chi connectivity index (χ1) is 10.7. The van der Waals surface area contributed by atoms with Gasteiger partial charge in [-0.15, -0.1) is 11.3 Å². The van der Waals surface area contributed by atoms with E-state index in [9.17, 15) is 4.79 Å². The zero-order valence-electron chi connectivity index (χ0n) is 11.9. The summed E-state index contributed by atoms with van der Waals surface area (Å²) >= 11 is 7.71. The maximum atomic E-state index is 12.3. The summed E-state index contributed by atoms with van der Waals surface area (Å²) in [7, 11) is 1.61. The summed E-state index contributed by atoms with van der Waals surface area (Å²) < 4.78 is 6.14. The minimum Gasteiger partial charge on any atom is -0.497 e. The Morgan fingerprint density at radius 2 is 2.00 bits per heavy atom. The summed E-state index contributed by atoms with van der Waals surface area (Å²) in [6.45, 7) is 0.480. The Balaban J connectivity index is 1.83. The van der Waals surface area contributed by atoms with Gasteiger partial charge in [0.2, 0.25) is 0 Å². The molecule has 5 heteroatoms. The number of methoxy groups -OCH3 is 1. The molecule has 0 bridgehead atoms. The van der Waals surface area contributed by atoms with E-state index in [-0.39, 0.29) is 5.91 Å². The molecule has 0 unspecified atom stereocenters. The van der Waals surface area contributed by atoms with E-state index in [4.69, 9.17) is 16.3 Å². The summed E-state index contributed by atoms with van der Waals surface area (Å²) in [5.41, 5.74) is 1.05. The molecule has 0 saturated carbocycles. The van der Waals surface area contributed by atoms with Gasteiger partial charge in [0.25, 0.3) is 5.91 Å². The van der Waals surface area contributed by atoms with Crippen LogP contribution in [0.1, 0.15) is 15.2 Å². The molecular weight excluding hydrogens is 318 g/mol. The maximum Gasteiger partial charge on any atom is 0.263 e. The predicted octanol–water partition coefficient (Wildman–Crippen LogP) is 4.49. The Hall–Kier alpha value is -2.04. The second-order valence-electron chi connectivity index (χ2n) is 4.78. The zero-order chi connectivity index (χ0) is 15.5. The molecule has 1 aromatic heterocycles. The Morgan fingerprint density at radius 1 is 1.23 bits per heavy atom. The first-order valence-electron chi connectivity index (χ1n) is 6.77. The van der Waals surface area contributed by atoms with Crippen molar-refractivity contribution < 1.29 is 9.53 Å². The van der Waals surface area contributed by atoms with Crippen LogP contribution in [-0.4, -0.2) is 13.0 Å². The van der Waals surface area contributed by atoms with Gasteiger partial charge in [-0.05, 0) is 23.8 Å². The summed E-state index contributed by atoms with van der Waals surface area (Å²) in [6.07, 6.45) is 0. The third kappa shape index (κ3) is 2.93.